The maximum atomic E-state index is 3.59. The highest BCUT2D eigenvalue weighted by Gasteiger charge is 2.39. The summed E-state index contributed by atoms with van der Waals surface area (Å²) < 4.78 is 0. The molecule has 1 aliphatic heterocycles. The van der Waals surface area contributed by atoms with Crippen molar-refractivity contribution < 1.29 is 0 Å². The summed E-state index contributed by atoms with van der Waals surface area (Å²) in [5.41, 5.74) is 0.685. The first-order valence-electron chi connectivity index (χ1n) is 5.94. The molecule has 76 valence electrons. The monoisotopic (exact) mass is 181 g/mol. The van der Waals surface area contributed by atoms with Crippen LogP contribution >= 0.6 is 0 Å². The number of piperidine rings is 1. The Labute approximate surface area is 82.3 Å². The minimum atomic E-state index is 0.685. The third kappa shape index (κ3) is 1.76. The van der Waals surface area contributed by atoms with Gasteiger partial charge in [-0.05, 0) is 43.1 Å². The molecule has 2 fully saturated rings. The number of hydrogen-bond donors (Lipinski definition) is 1. The van der Waals surface area contributed by atoms with E-state index in [2.05, 4.69) is 19.2 Å². The minimum absolute atomic E-state index is 0.685. The van der Waals surface area contributed by atoms with Crippen LogP contribution in [0.3, 0.4) is 0 Å². The zero-order valence-electron chi connectivity index (χ0n) is 9.10. The summed E-state index contributed by atoms with van der Waals surface area (Å²) in [6.45, 7) is 7.42. The Balaban J connectivity index is 2.01. The van der Waals surface area contributed by atoms with Crippen molar-refractivity contribution in [3.63, 3.8) is 0 Å². The second kappa shape index (κ2) is 3.61. The molecule has 0 aromatic rings. The normalized spacial score (nSPS) is 46.6. The lowest BCUT2D eigenvalue weighted by molar-refractivity contribution is 0.0581. The van der Waals surface area contributed by atoms with Crippen molar-refractivity contribution in [2.24, 2.45) is 17.3 Å². The number of rotatable bonds is 0. The molecule has 0 bridgehead atoms. The second-order valence-corrected chi connectivity index (χ2v) is 5.41. The van der Waals surface area contributed by atoms with Crippen molar-refractivity contribution in [1.82, 2.24) is 5.32 Å². The van der Waals surface area contributed by atoms with E-state index >= 15 is 0 Å². The molecule has 0 aromatic carbocycles. The van der Waals surface area contributed by atoms with E-state index in [0.717, 1.165) is 11.8 Å². The van der Waals surface area contributed by atoms with Crippen LogP contribution in [-0.4, -0.2) is 13.1 Å². The van der Waals surface area contributed by atoms with E-state index in [1.165, 1.54) is 45.2 Å². The highest BCUT2D eigenvalue weighted by Crippen LogP contribution is 2.46. The van der Waals surface area contributed by atoms with Crippen LogP contribution in [0.1, 0.15) is 46.0 Å². The summed E-state index contributed by atoms with van der Waals surface area (Å²) in [6.07, 6.45) is 7.27. The Morgan fingerprint density at radius 2 is 1.77 bits per heavy atom. The summed E-state index contributed by atoms with van der Waals surface area (Å²) in [6, 6.07) is 0. The van der Waals surface area contributed by atoms with Crippen LogP contribution in [0.5, 0.6) is 0 Å². The van der Waals surface area contributed by atoms with Gasteiger partial charge >= 0.3 is 0 Å². The molecule has 0 amide bonds. The third-order valence-electron chi connectivity index (χ3n) is 4.55. The molecule has 1 aliphatic carbocycles. The Bertz CT molecular complexity index is 168. The van der Waals surface area contributed by atoms with Crippen molar-refractivity contribution in [1.29, 1.82) is 0 Å². The summed E-state index contributed by atoms with van der Waals surface area (Å²) >= 11 is 0. The number of nitrogens with one attached hydrogen (secondary N) is 1. The van der Waals surface area contributed by atoms with Gasteiger partial charge < -0.3 is 5.32 Å². The van der Waals surface area contributed by atoms with Crippen molar-refractivity contribution in [3.8, 4) is 0 Å². The first kappa shape index (κ1) is 9.51. The van der Waals surface area contributed by atoms with E-state index in [1.807, 2.05) is 0 Å². The summed E-state index contributed by atoms with van der Waals surface area (Å²) in [5.74, 6) is 1.95. The van der Waals surface area contributed by atoms with Crippen LogP contribution in [0.2, 0.25) is 0 Å². The first-order valence-corrected chi connectivity index (χ1v) is 5.94. The molecule has 1 heterocycles. The van der Waals surface area contributed by atoms with Gasteiger partial charge in [-0.25, -0.2) is 0 Å². The zero-order chi connectivity index (χ0) is 9.31. The molecule has 2 aliphatic rings. The van der Waals surface area contributed by atoms with E-state index in [1.54, 1.807) is 0 Å². The molecule has 1 heteroatoms. The SMILES string of the molecule is CC1CCC2(CC1)CNCC[C@@H]2C. The lowest BCUT2D eigenvalue weighted by Gasteiger charge is -2.47. The molecule has 1 atom stereocenters. The number of hydrogen-bond acceptors (Lipinski definition) is 1. The maximum absolute atomic E-state index is 3.59. The topological polar surface area (TPSA) is 12.0 Å². The average Bonchev–Trinajstić information content (AvgIpc) is 2.15. The van der Waals surface area contributed by atoms with Crippen molar-refractivity contribution in [2.45, 2.75) is 46.0 Å². The van der Waals surface area contributed by atoms with Gasteiger partial charge in [-0.3, -0.25) is 0 Å². The fraction of sp³-hybridized carbons (Fsp3) is 1.00. The standard InChI is InChI=1S/C12H23N/c1-10-3-6-12(7-4-10)9-13-8-5-11(12)2/h10-11,13H,3-9H2,1-2H3/t10?,11-,12?/m0/s1. The third-order valence-corrected chi connectivity index (χ3v) is 4.55. The fourth-order valence-electron chi connectivity index (χ4n) is 3.14. The van der Waals surface area contributed by atoms with E-state index in [4.69, 9.17) is 0 Å². The van der Waals surface area contributed by atoms with Crippen molar-refractivity contribution in [3.05, 3.63) is 0 Å². The lowest BCUT2D eigenvalue weighted by Crippen LogP contribution is -2.47. The Morgan fingerprint density at radius 3 is 2.38 bits per heavy atom. The molecular formula is C12H23N. The second-order valence-electron chi connectivity index (χ2n) is 5.41. The molecule has 1 saturated carbocycles. The lowest BCUT2D eigenvalue weighted by atomic mass is 9.62. The Hall–Kier alpha value is -0.0400. The molecular weight excluding hydrogens is 158 g/mol. The molecule has 0 radical (unpaired) electrons. The van der Waals surface area contributed by atoms with Crippen molar-refractivity contribution in [2.75, 3.05) is 13.1 Å². The summed E-state index contributed by atoms with van der Waals surface area (Å²) in [4.78, 5) is 0. The van der Waals surface area contributed by atoms with Crippen molar-refractivity contribution >= 4 is 0 Å². The molecule has 13 heavy (non-hydrogen) atoms. The van der Waals surface area contributed by atoms with Gasteiger partial charge in [0.2, 0.25) is 0 Å². The van der Waals surface area contributed by atoms with Gasteiger partial charge in [-0.2, -0.15) is 0 Å². The van der Waals surface area contributed by atoms with E-state index < -0.39 is 0 Å². The molecule has 1 spiro atoms. The van der Waals surface area contributed by atoms with Crippen LogP contribution in [0.25, 0.3) is 0 Å². The van der Waals surface area contributed by atoms with Crippen LogP contribution in [0.4, 0.5) is 0 Å². The smallest absolute Gasteiger partial charge is 0.00104 e. The summed E-state index contributed by atoms with van der Waals surface area (Å²) in [7, 11) is 0. The van der Waals surface area contributed by atoms with Gasteiger partial charge in [0, 0.05) is 6.54 Å². The quantitative estimate of drug-likeness (QED) is 0.606. The van der Waals surface area contributed by atoms with Gasteiger partial charge in [0.25, 0.3) is 0 Å². The highest BCUT2D eigenvalue weighted by atomic mass is 14.9. The Kier molecular flexibility index (Phi) is 2.64. The van der Waals surface area contributed by atoms with Crippen LogP contribution in [0, 0.1) is 17.3 Å². The molecule has 1 nitrogen and oxygen atoms in total. The first-order chi connectivity index (χ1) is 6.23. The minimum Gasteiger partial charge on any atom is -0.316 e. The fourth-order valence-corrected chi connectivity index (χ4v) is 3.14. The summed E-state index contributed by atoms with van der Waals surface area (Å²) in [5, 5.41) is 3.59. The maximum Gasteiger partial charge on any atom is 0.00104 e. The van der Waals surface area contributed by atoms with Gasteiger partial charge in [0.05, 0.1) is 0 Å². The average molecular weight is 181 g/mol. The predicted molar refractivity (Wildman–Crippen MR) is 56.7 cm³/mol. The van der Waals surface area contributed by atoms with E-state index in [9.17, 15) is 0 Å². The van der Waals surface area contributed by atoms with Crippen LogP contribution in [-0.2, 0) is 0 Å². The van der Waals surface area contributed by atoms with Gasteiger partial charge in [-0.1, -0.05) is 26.7 Å². The van der Waals surface area contributed by atoms with Crippen LogP contribution < -0.4 is 5.32 Å². The molecule has 1 N–H and O–H groups in total. The highest BCUT2D eigenvalue weighted by molar-refractivity contribution is 4.93. The van der Waals surface area contributed by atoms with Crippen LogP contribution in [0.15, 0.2) is 0 Å². The van der Waals surface area contributed by atoms with Gasteiger partial charge in [-0.15, -0.1) is 0 Å². The molecule has 0 unspecified atom stereocenters. The van der Waals surface area contributed by atoms with Gasteiger partial charge in [0.1, 0.15) is 0 Å². The molecule has 2 rings (SSSR count). The zero-order valence-corrected chi connectivity index (χ0v) is 9.10. The molecule has 1 saturated heterocycles. The van der Waals surface area contributed by atoms with E-state index in [-0.39, 0.29) is 0 Å². The predicted octanol–water partition coefficient (Wildman–Crippen LogP) is 2.81. The van der Waals surface area contributed by atoms with E-state index in [0.29, 0.717) is 5.41 Å². The largest absolute Gasteiger partial charge is 0.316 e. The Morgan fingerprint density at radius 1 is 1.08 bits per heavy atom. The van der Waals surface area contributed by atoms with Gasteiger partial charge in [0.15, 0.2) is 0 Å². The molecule has 0 aromatic heterocycles.